The Morgan fingerprint density at radius 1 is 0.821 bits per heavy atom. The molecule has 0 saturated heterocycles. The Bertz CT molecular complexity index is 789. The largest absolute Gasteiger partial charge is 0.207 e. The molecule has 2 aromatic rings. The minimum atomic E-state index is -0.654. The highest BCUT2D eigenvalue weighted by Gasteiger charge is 2.26. The van der Waals surface area contributed by atoms with E-state index in [1.54, 1.807) is 18.2 Å². The number of hydrogen-bond acceptors (Lipinski definition) is 0. The van der Waals surface area contributed by atoms with E-state index in [9.17, 15) is 13.2 Å². The summed E-state index contributed by atoms with van der Waals surface area (Å²) in [5, 5.41) is 0. The van der Waals surface area contributed by atoms with Crippen LogP contribution in [0.2, 0.25) is 0 Å². The molecule has 0 nitrogen and oxygen atoms in total. The molecule has 3 heteroatoms. The van der Waals surface area contributed by atoms with Gasteiger partial charge in [0, 0.05) is 0 Å². The third-order valence-electron chi connectivity index (χ3n) is 6.34. The van der Waals surface area contributed by atoms with Gasteiger partial charge in [-0.05, 0) is 91.5 Å². The molecule has 1 fully saturated rings. The lowest BCUT2D eigenvalue weighted by molar-refractivity contribution is 0.304. The van der Waals surface area contributed by atoms with Crippen LogP contribution in [0.1, 0.15) is 80.5 Å². The predicted octanol–water partition coefficient (Wildman–Crippen LogP) is 7.53. The summed E-state index contributed by atoms with van der Waals surface area (Å²) < 4.78 is 42.7. The summed E-state index contributed by atoms with van der Waals surface area (Å²) in [7, 11) is 0. The number of benzene rings is 2. The number of halogens is 3. The van der Waals surface area contributed by atoms with Crippen molar-refractivity contribution in [2.75, 3.05) is 0 Å². The number of rotatable bonds is 7. The average Bonchev–Trinajstić information content (AvgIpc) is 2.71. The van der Waals surface area contributed by atoms with Gasteiger partial charge in [-0.25, -0.2) is 13.2 Å². The zero-order valence-corrected chi connectivity index (χ0v) is 17.0. The summed E-state index contributed by atoms with van der Waals surface area (Å²) in [5.41, 5.74) is 2.85. The van der Waals surface area contributed by atoms with Crippen LogP contribution in [-0.2, 0) is 19.3 Å². The van der Waals surface area contributed by atoms with Gasteiger partial charge >= 0.3 is 0 Å². The van der Waals surface area contributed by atoms with Crippen molar-refractivity contribution in [2.45, 2.75) is 77.6 Å². The van der Waals surface area contributed by atoms with E-state index in [-0.39, 0.29) is 11.7 Å². The second kappa shape index (κ2) is 9.62. The molecule has 0 amide bonds. The van der Waals surface area contributed by atoms with Crippen molar-refractivity contribution < 1.29 is 13.2 Å². The lowest BCUT2D eigenvalue weighted by Gasteiger charge is -2.29. The van der Waals surface area contributed by atoms with Gasteiger partial charge in [0.2, 0.25) is 0 Å². The molecule has 1 aliphatic rings. The van der Waals surface area contributed by atoms with Gasteiger partial charge in [-0.2, -0.15) is 0 Å². The first-order valence-electron chi connectivity index (χ1n) is 10.8. The van der Waals surface area contributed by atoms with Crippen molar-refractivity contribution in [1.82, 2.24) is 0 Å². The molecule has 0 unspecified atom stereocenters. The van der Waals surface area contributed by atoms with Crippen LogP contribution in [0.25, 0.3) is 0 Å². The van der Waals surface area contributed by atoms with Crippen molar-refractivity contribution in [1.29, 1.82) is 0 Å². The normalized spacial score (nSPS) is 19.8. The first-order chi connectivity index (χ1) is 13.5. The topological polar surface area (TPSA) is 0 Å². The van der Waals surface area contributed by atoms with Gasteiger partial charge in [0.05, 0.1) is 0 Å². The Balaban J connectivity index is 1.55. The molecule has 28 heavy (non-hydrogen) atoms. The third kappa shape index (κ3) is 4.79. The van der Waals surface area contributed by atoms with Crippen LogP contribution in [0.15, 0.2) is 30.3 Å². The highest BCUT2D eigenvalue weighted by molar-refractivity contribution is 5.29. The molecular weight excluding hydrogens is 357 g/mol. The Morgan fingerprint density at radius 3 is 2.18 bits per heavy atom. The van der Waals surface area contributed by atoms with Gasteiger partial charge in [-0.1, -0.05) is 44.5 Å². The molecular formula is C25H31F3. The van der Waals surface area contributed by atoms with Crippen LogP contribution in [-0.4, -0.2) is 0 Å². The van der Waals surface area contributed by atoms with Crippen molar-refractivity contribution >= 4 is 0 Å². The Labute approximate surface area is 167 Å². The van der Waals surface area contributed by atoms with Crippen molar-refractivity contribution in [3.63, 3.8) is 0 Å². The summed E-state index contributed by atoms with van der Waals surface area (Å²) in [4.78, 5) is 0. The average molecular weight is 389 g/mol. The third-order valence-corrected chi connectivity index (χ3v) is 6.34. The van der Waals surface area contributed by atoms with Crippen LogP contribution in [0.4, 0.5) is 13.2 Å². The lowest BCUT2D eigenvalue weighted by atomic mass is 9.76. The van der Waals surface area contributed by atoms with Crippen LogP contribution < -0.4 is 0 Å². The molecule has 0 atom stereocenters. The summed E-state index contributed by atoms with van der Waals surface area (Å²) in [6.45, 7) is 3.93. The zero-order chi connectivity index (χ0) is 20.1. The maximum Gasteiger partial charge on any atom is 0.162 e. The fourth-order valence-electron chi connectivity index (χ4n) is 4.55. The van der Waals surface area contributed by atoms with Crippen molar-refractivity contribution in [3.05, 3.63) is 70.0 Å². The molecule has 1 aliphatic carbocycles. The monoisotopic (exact) mass is 388 g/mol. The van der Waals surface area contributed by atoms with Crippen LogP contribution in [0, 0.1) is 23.4 Å². The molecule has 0 bridgehead atoms. The van der Waals surface area contributed by atoms with Crippen LogP contribution in [0.5, 0.6) is 0 Å². The molecule has 0 radical (unpaired) electrons. The van der Waals surface area contributed by atoms with Gasteiger partial charge in [-0.15, -0.1) is 0 Å². The molecule has 0 N–H and O–H groups in total. The summed E-state index contributed by atoms with van der Waals surface area (Å²) in [6.07, 6.45) is 7.87. The van der Waals surface area contributed by atoms with E-state index in [1.807, 2.05) is 26.0 Å². The van der Waals surface area contributed by atoms with Gasteiger partial charge in [0.1, 0.15) is 5.82 Å². The smallest absolute Gasteiger partial charge is 0.162 e. The SMILES string of the molecule is CCCc1ccc(C2CCC(CCc3ccc(CC)c(F)c3)CC2)c(F)c1F. The van der Waals surface area contributed by atoms with E-state index >= 15 is 0 Å². The molecule has 0 spiro atoms. The molecule has 152 valence electrons. The molecule has 0 aromatic heterocycles. The lowest BCUT2D eigenvalue weighted by Crippen LogP contribution is -2.16. The molecule has 0 aliphatic heterocycles. The fraction of sp³-hybridized carbons (Fsp3) is 0.520. The van der Waals surface area contributed by atoms with E-state index < -0.39 is 11.6 Å². The quantitative estimate of drug-likeness (QED) is 0.460. The molecule has 2 aromatic carbocycles. The Kier molecular flexibility index (Phi) is 7.20. The highest BCUT2D eigenvalue weighted by atomic mass is 19.2. The maximum absolute atomic E-state index is 14.5. The van der Waals surface area contributed by atoms with E-state index in [0.29, 0.717) is 29.9 Å². The maximum atomic E-state index is 14.5. The van der Waals surface area contributed by atoms with E-state index in [1.165, 1.54) is 0 Å². The van der Waals surface area contributed by atoms with Crippen LogP contribution in [0.3, 0.4) is 0 Å². The van der Waals surface area contributed by atoms with Gasteiger partial charge in [-0.3, -0.25) is 0 Å². The van der Waals surface area contributed by atoms with E-state index in [2.05, 4.69) is 0 Å². The predicted molar refractivity (Wildman–Crippen MR) is 109 cm³/mol. The van der Waals surface area contributed by atoms with Gasteiger partial charge in [0.25, 0.3) is 0 Å². The second-order valence-electron chi connectivity index (χ2n) is 8.23. The van der Waals surface area contributed by atoms with Crippen molar-refractivity contribution in [2.24, 2.45) is 5.92 Å². The molecule has 3 rings (SSSR count). The Hall–Kier alpha value is -1.77. The summed E-state index contributed by atoms with van der Waals surface area (Å²) in [5.74, 6) is -0.701. The molecule has 0 heterocycles. The highest BCUT2D eigenvalue weighted by Crippen LogP contribution is 2.39. The molecule has 1 saturated carbocycles. The number of aryl methyl sites for hydroxylation is 3. The Morgan fingerprint density at radius 2 is 1.54 bits per heavy atom. The van der Waals surface area contributed by atoms with Gasteiger partial charge in [0.15, 0.2) is 11.6 Å². The second-order valence-corrected chi connectivity index (χ2v) is 8.23. The standard InChI is InChI=1S/C25H31F3/c1-3-5-21-14-15-22(25(28)24(21)27)20-12-8-17(9-13-20)6-7-18-10-11-19(4-2)23(26)16-18/h10-11,14-17,20H,3-9,12-13H2,1-2H3. The summed E-state index contributed by atoms with van der Waals surface area (Å²) >= 11 is 0. The fourth-order valence-corrected chi connectivity index (χ4v) is 4.55. The minimum Gasteiger partial charge on any atom is -0.207 e. The zero-order valence-electron chi connectivity index (χ0n) is 17.0. The van der Waals surface area contributed by atoms with Gasteiger partial charge < -0.3 is 0 Å². The van der Waals surface area contributed by atoms with Crippen LogP contribution >= 0.6 is 0 Å². The first-order valence-corrected chi connectivity index (χ1v) is 10.8. The van der Waals surface area contributed by atoms with Crippen molar-refractivity contribution in [3.8, 4) is 0 Å². The minimum absolute atomic E-state index is 0.104. The number of hydrogen-bond donors (Lipinski definition) is 0. The first kappa shape index (κ1) is 21.0. The summed E-state index contributed by atoms with van der Waals surface area (Å²) in [6, 6.07) is 9.15. The van der Waals surface area contributed by atoms with E-state index in [0.717, 1.165) is 56.1 Å². The van der Waals surface area contributed by atoms with E-state index in [4.69, 9.17) is 0 Å².